The van der Waals surface area contributed by atoms with E-state index in [0.717, 1.165) is 32.9 Å². The number of nitrogens with two attached hydrogens (primary N) is 1. The van der Waals surface area contributed by atoms with E-state index in [9.17, 15) is 10.2 Å². The summed E-state index contributed by atoms with van der Waals surface area (Å²) in [6, 6.07) is 9.91. The number of anilines is 2. The Balaban J connectivity index is 1.67. The quantitative estimate of drug-likeness (QED) is 0.572. The summed E-state index contributed by atoms with van der Waals surface area (Å²) in [5.74, 6) is 0.354. The van der Waals surface area contributed by atoms with Gasteiger partial charge in [-0.2, -0.15) is 0 Å². The number of hydrogen-bond donors (Lipinski definition) is 4. The third-order valence-electron chi connectivity index (χ3n) is 4.70. The highest BCUT2D eigenvalue weighted by Crippen LogP contribution is 2.37. The molecule has 3 aromatic rings. The molecule has 7 heteroatoms. The summed E-state index contributed by atoms with van der Waals surface area (Å²) >= 11 is 1.61. The lowest BCUT2D eigenvalue weighted by molar-refractivity contribution is 0.0908. The summed E-state index contributed by atoms with van der Waals surface area (Å²) in [7, 11) is 0. The van der Waals surface area contributed by atoms with E-state index in [-0.39, 0.29) is 18.6 Å². The van der Waals surface area contributed by atoms with Crippen LogP contribution in [0.4, 0.5) is 11.5 Å². The third-order valence-corrected chi connectivity index (χ3v) is 5.77. The molecule has 0 bridgehead atoms. The molecule has 1 aliphatic rings. The number of hydrogen-bond acceptors (Lipinski definition) is 7. The summed E-state index contributed by atoms with van der Waals surface area (Å²) in [4.78, 5) is 8.92. The fourth-order valence-corrected chi connectivity index (χ4v) is 4.38. The maximum Gasteiger partial charge on any atom is 0.128 e. The number of fused-ring (bicyclic) bond motifs is 1. The van der Waals surface area contributed by atoms with E-state index in [1.807, 2.05) is 24.3 Å². The van der Waals surface area contributed by atoms with Crippen molar-refractivity contribution in [3.63, 3.8) is 0 Å². The van der Waals surface area contributed by atoms with Gasteiger partial charge >= 0.3 is 0 Å². The lowest BCUT2D eigenvalue weighted by atomic mass is 10.1. The van der Waals surface area contributed by atoms with Crippen LogP contribution in [0.5, 0.6) is 0 Å². The number of nitrogen functional groups attached to an aromatic ring is 1. The number of nitrogens with zero attached hydrogens (tertiary/aromatic N) is 2. The highest BCUT2D eigenvalue weighted by molar-refractivity contribution is 7.21. The molecule has 2 aromatic heterocycles. The van der Waals surface area contributed by atoms with Crippen LogP contribution in [0.3, 0.4) is 0 Å². The molecule has 6 nitrogen and oxygen atoms in total. The van der Waals surface area contributed by atoms with Gasteiger partial charge in [-0.1, -0.05) is 12.1 Å². The molecule has 0 spiro atoms. The van der Waals surface area contributed by atoms with Gasteiger partial charge in [-0.25, -0.2) is 9.97 Å². The number of aliphatic hydroxyl groups excluding tert-OH is 2. The molecule has 3 unspecified atom stereocenters. The predicted octanol–water partition coefficient (Wildman–Crippen LogP) is 2.48. The van der Waals surface area contributed by atoms with Gasteiger partial charge < -0.3 is 21.3 Å². The molecule has 1 aliphatic carbocycles. The van der Waals surface area contributed by atoms with Gasteiger partial charge in [0.25, 0.3) is 0 Å². The average Bonchev–Trinajstić information content (AvgIpc) is 3.17. The minimum Gasteiger partial charge on any atom is -0.396 e. The second kappa shape index (κ2) is 6.59. The first-order valence-corrected chi connectivity index (χ1v) is 9.12. The van der Waals surface area contributed by atoms with Crippen LogP contribution in [0.25, 0.3) is 20.8 Å². The van der Waals surface area contributed by atoms with Crippen LogP contribution >= 0.6 is 11.3 Å². The number of aliphatic hydroxyl groups is 2. The fraction of sp³-hybridized carbons (Fsp3) is 0.333. The smallest absolute Gasteiger partial charge is 0.128 e. The zero-order chi connectivity index (χ0) is 17.4. The van der Waals surface area contributed by atoms with Gasteiger partial charge in [0, 0.05) is 36.5 Å². The second-order valence-corrected chi connectivity index (χ2v) is 7.49. The van der Waals surface area contributed by atoms with Gasteiger partial charge in [0.05, 0.1) is 21.9 Å². The Morgan fingerprint density at radius 2 is 2.12 bits per heavy atom. The molecular formula is C18H20N4O2S. The molecule has 1 fully saturated rings. The van der Waals surface area contributed by atoms with Crippen molar-refractivity contribution in [1.29, 1.82) is 0 Å². The maximum absolute atomic E-state index is 10.0. The van der Waals surface area contributed by atoms with Crippen molar-refractivity contribution in [2.75, 3.05) is 17.7 Å². The van der Waals surface area contributed by atoms with Gasteiger partial charge in [-0.3, -0.25) is 0 Å². The monoisotopic (exact) mass is 356 g/mol. The Kier molecular flexibility index (Phi) is 4.29. The summed E-state index contributed by atoms with van der Waals surface area (Å²) in [5, 5.41) is 23.7. The van der Waals surface area contributed by atoms with E-state index < -0.39 is 6.10 Å². The van der Waals surface area contributed by atoms with E-state index in [1.54, 1.807) is 23.6 Å². The SMILES string of the molecule is Nc1cc(NC2CC(O)C(CO)C2)c(-c2nc3ccccc3s2)cn1. The van der Waals surface area contributed by atoms with E-state index in [4.69, 9.17) is 10.7 Å². The third kappa shape index (κ3) is 3.18. The first-order chi connectivity index (χ1) is 12.1. The van der Waals surface area contributed by atoms with Crippen molar-refractivity contribution < 1.29 is 10.2 Å². The topological polar surface area (TPSA) is 104 Å². The summed E-state index contributed by atoms with van der Waals surface area (Å²) in [6.07, 6.45) is 2.59. The molecule has 5 N–H and O–H groups in total. The Morgan fingerprint density at radius 3 is 2.88 bits per heavy atom. The van der Waals surface area contributed by atoms with Crippen LogP contribution in [-0.4, -0.2) is 38.9 Å². The Labute approximate surface area is 149 Å². The van der Waals surface area contributed by atoms with Crippen molar-refractivity contribution >= 4 is 33.1 Å². The van der Waals surface area contributed by atoms with Crippen molar-refractivity contribution in [1.82, 2.24) is 9.97 Å². The molecule has 3 atom stereocenters. The number of rotatable bonds is 4. The van der Waals surface area contributed by atoms with Crippen LogP contribution in [0.1, 0.15) is 12.8 Å². The minimum atomic E-state index is -0.479. The molecule has 0 radical (unpaired) electrons. The van der Waals surface area contributed by atoms with Crippen molar-refractivity contribution in [2.24, 2.45) is 5.92 Å². The lowest BCUT2D eigenvalue weighted by Crippen LogP contribution is -2.17. The molecule has 1 saturated carbocycles. The van der Waals surface area contributed by atoms with Crippen LogP contribution in [0.2, 0.25) is 0 Å². The van der Waals surface area contributed by atoms with Gasteiger partial charge in [-0.05, 0) is 25.0 Å². The van der Waals surface area contributed by atoms with Gasteiger partial charge in [-0.15, -0.1) is 11.3 Å². The number of aromatic nitrogens is 2. The van der Waals surface area contributed by atoms with E-state index in [0.29, 0.717) is 12.2 Å². The molecule has 130 valence electrons. The summed E-state index contributed by atoms with van der Waals surface area (Å²) < 4.78 is 1.12. The summed E-state index contributed by atoms with van der Waals surface area (Å²) in [6.45, 7) is 0.00254. The Hall–Kier alpha value is -2.22. The number of pyridine rings is 1. The highest BCUT2D eigenvalue weighted by atomic mass is 32.1. The molecule has 0 aliphatic heterocycles. The molecule has 2 heterocycles. The first kappa shape index (κ1) is 16.3. The normalized spacial score (nSPS) is 23.2. The average molecular weight is 356 g/mol. The van der Waals surface area contributed by atoms with E-state index in [2.05, 4.69) is 10.3 Å². The predicted molar refractivity (Wildman–Crippen MR) is 100 cm³/mol. The first-order valence-electron chi connectivity index (χ1n) is 8.31. The van der Waals surface area contributed by atoms with Crippen LogP contribution in [0.15, 0.2) is 36.5 Å². The van der Waals surface area contributed by atoms with Gasteiger partial charge in [0.2, 0.25) is 0 Å². The molecule has 4 rings (SSSR count). The minimum absolute atomic E-state index is 0.00254. The van der Waals surface area contributed by atoms with Crippen molar-refractivity contribution in [3.05, 3.63) is 36.5 Å². The fourth-order valence-electron chi connectivity index (χ4n) is 3.39. The zero-order valence-electron chi connectivity index (χ0n) is 13.6. The van der Waals surface area contributed by atoms with Crippen LogP contribution in [0, 0.1) is 5.92 Å². The molecule has 1 aromatic carbocycles. The Morgan fingerprint density at radius 1 is 1.28 bits per heavy atom. The molecule has 25 heavy (non-hydrogen) atoms. The van der Waals surface area contributed by atoms with Crippen molar-refractivity contribution in [2.45, 2.75) is 25.0 Å². The van der Waals surface area contributed by atoms with Gasteiger partial charge in [0.1, 0.15) is 10.8 Å². The maximum atomic E-state index is 10.0. The van der Waals surface area contributed by atoms with E-state index >= 15 is 0 Å². The zero-order valence-corrected chi connectivity index (χ0v) is 14.4. The van der Waals surface area contributed by atoms with E-state index in [1.165, 1.54) is 0 Å². The molecular weight excluding hydrogens is 336 g/mol. The number of benzene rings is 1. The molecule has 0 saturated heterocycles. The standard InChI is InChI=1S/C18H20N4O2S/c19-17-7-14(21-11-5-10(9-23)15(24)6-11)12(8-20-17)18-22-13-3-1-2-4-16(13)25-18/h1-4,7-8,10-11,15,23-24H,5-6,9H2,(H3,19,20,21). The van der Waals surface area contributed by atoms with Gasteiger partial charge in [0.15, 0.2) is 0 Å². The van der Waals surface area contributed by atoms with Crippen molar-refractivity contribution in [3.8, 4) is 10.6 Å². The van der Waals surface area contributed by atoms with Crippen LogP contribution in [-0.2, 0) is 0 Å². The second-order valence-electron chi connectivity index (χ2n) is 6.46. The largest absolute Gasteiger partial charge is 0.396 e. The number of thiazole rings is 1. The molecule has 0 amide bonds. The highest BCUT2D eigenvalue weighted by Gasteiger charge is 2.32. The van der Waals surface area contributed by atoms with Crippen LogP contribution < -0.4 is 11.1 Å². The number of nitrogens with one attached hydrogen (secondary N) is 1. The summed E-state index contributed by atoms with van der Waals surface area (Å²) in [5.41, 5.74) is 8.60. The number of para-hydroxylation sites is 1. The Bertz CT molecular complexity index is 865. The lowest BCUT2D eigenvalue weighted by Gasteiger charge is -2.16.